The highest BCUT2D eigenvalue weighted by Gasteiger charge is 2.45. The fourth-order valence-corrected chi connectivity index (χ4v) is 5.36. The Hall–Kier alpha value is -3.71. The van der Waals surface area contributed by atoms with Gasteiger partial charge in [-0.2, -0.15) is 9.61 Å². The lowest BCUT2D eigenvalue weighted by Gasteiger charge is -2.35. The van der Waals surface area contributed by atoms with E-state index in [1.807, 2.05) is 36.4 Å². The molecule has 0 amide bonds. The number of aliphatic hydroxyl groups is 1. The van der Waals surface area contributed by atoms with Crippen molar-refractivity contribution >= 4 is 17.4 Å². The molecule has 0 bridgehead atoms. The zero-order valence-corrected chi connectivity index (χ0v) is 19.7. The van der Waals surface area contributed by atoms with Crippen molar-refractivity contribution < 1.29 is 15.0 Å². The largest absolute Gasteiger partial charge is 0.479 e. The molecule has 178 valence electrons. The normalized spacial score (nSPS) is 17.6. The summed E-state index contributed by atoms with van der Waals surface area (Å²) in [5, 5.41) is 25.2. The fraction of sp³-hybridized carbons (Fsp3) is 0.321. The molecule has 3 heterocycles. The number of fused-ring (bicyclic) bond motifs is 1. The van der Waals surface area contributed by atoms with Crippen LogP contribution in [0.1, 0.15) is 43.0 Å². The number of aliphatic hydroxyl groups excluding tert-OH is 1. The Labute approximate surface area is 203 Å². The van der Waals surface area contributed by atoms with Gasteiger partial charge < -0.3 is 15.1 Å². The molecule has 2 N–H and O–H groups in total. The number of aliphatic carboxylic acids is 1. The van der Waals surface area contributed by atoms with E-state index >= 15 is 0 Å². The first-order chi connectivity index (χ1) is 16.9. The molecule has 0 unspecified atom stereocenters. The van der Waals surface area contributed by atoms with Gasteiger partial charge in [-0.3, -0.25) is 0 Å². The van der Waals surface area contributed by atoms with Crippen LogP contribution in [0.5, 0.6) is 0 Å². The SMILES string of the molecule is Cc1nc2cc(-c3cccc(-c4ccccc4)c3)nn2c(N2CCC3(CC2)CC3)c1[C@H](O)C(=O)O. The van der Waals surface area contributed by atoms with Crippen LogP contribution in [-0.4, -0.2) is 43.9 Å². The minimum absolute atomic E-state index is 0.324. The third-order valence-corrected chi connectivity index (χ3v) is 7.66. The molecule has 1 spiro atoms. The molecule has 0 radical (unpaired) electrons. The number of nitrogens with zero attached hydrogens (tertiary/aromatic N) is 4. The molecule has 7 heteroatoms. The highest BCUT2D eigenvalue weighted by atomic mass is 16.4. The van der Waals surface area contributed by atoms with E-state index < -0.39 is 12.1 Å². The summed E-state index contributed by atoms with van der Waals surface area (Å²) in [6.07, 6.45) is 3.05. The number of anilines is 1. The van der Waals surface area contributed by atoms with Gasteiger partial charge in [0, 0.05) is 30.4 Å². The average Bonchev–Trinajstić information content (AvgIpc) is 3.49. The fourth-order valence-electron chi connectivity index (χ4n) is 5.36. The Morgan fingerprint density at radius 2 is 1.63 bits per heavy atom. The second kappa shape index (κ2) is 8.20. The molecular formula is C28H28N4O3. The number of hydrogen-bond acceptors (Lipinski definition) is 5. The van der Waals surface area contributed by atoms with Gasteiger partial charge >= 0.3 is 5.97 Å². The predicted molar refractivity (Wildman–Crippen MR) is 134 cm³/mol. The molecule has 2 aliphatic rings. The Balaban J connectivity index is 1.48. The van der Waals surface area contributed by atoms with Gasteiger partial charge in [-0.1, -0.05) is 48.5 Å². The van der Waals surface area contributed by atoms with E-state index in [1.165, 1.54) is 12.8 Å². The van der Waals surface area contributed by atoms with Crippen LogP contribution in [0, 0.1) is 12.3 Å². The number of carbonyl (C=O) groups is 1. The lowest BCUT2D eigenvalue weighted by molar-refractivity contribution is -0.147. The van der Waals surface area contributed by atoms with Gasteiger partial charge in [0.15, 0.2) is 11.8 Å². The molecule has 4 aromatic rings. The van der Waals surface area contributed by atoms with Crippen molar-refractivity contribution in [3.05, 3.63) is 71.9 Å². The summed E-state index contributed by atoms with van der Waals surface area (Å²) in [7, 11) is 0. The summed E-state index contributed by atoms with van der Waals surface area (Å²) < 4.78 is 1.73. The van der Waals surface area contributed by atoms with E-state index in [1.54, 1.807) is 11.4 Å². The zero-order chi connectivity index (χ0) is 24.2. The second-order valence-electron chi connectivity index (χ2n) is 9.91. The summed E-state index contributed by atoms with van der Waals surface area (Å²) in [6, 6.07) is 20.3. The van der Waals surface area contributed by atoms with E-state index in [-0.39, 0.29) is 0 Å². The van der Waals surface area contributed by atoms with E-state index in [4.69, 9.17) is 5.10 Å². The van der Waals surface area contributed by atoms with Gasteiger partial charge in [-0.25, -0.2) is 9.78 Å². The van der Waals surface area contributed by atoms with Crippen molar-refractivity contribution in [3.63, 3.8) is 0 Å². The van der Waals surface area contributed by atoms with Gasteiger partial charge in [0.05, 0.1) is 11.3 Å². The Morgan fingerprint density at radius 1 is 0.943 bits per heavy atom. The Morgan fingerprint density at radius 3 is 2.31 bits per heavy atom. The minimum Gasteiger partial charge on any atom is -0.479 e. The highest BCUT2D eigenvalue weighted by molar-refractivity contribution is 5.79. The number of carboxylic acid groups (broad SMARTS) is 1. The summed E-state index contributed by atoms with van der Waals surface area (Å²) in [5.74, 6) is -0.641. The summed E-state index contributed by atoms with van der Waals surface area (Å²) in [6.45, 7) is 3.40. The summed E-state index contributed by atoms with van der Waals surface area (Å²) >= 11 is 0. The van der Waals surface area contributed by atoms with E-state index in [0.29, 0.717) is 28.1 Å². The molecule has 1 atom stereocenters. The molecule has 6 rings (SSSR count). The van der Waals surface area contributed by atoms with Crippen molar-refractivity contribution in [1.29, 1.82) is 0 Å². The number of aromatic nitrogens is 3. The lowest BCUT2D eigenvalue weighted by Crippen LogP contribution is -2.37. The van der Waals surface area contributed by atoms with Gasteiger partial charge in [-0.05, 0) is 55.2 Å². The van der Waals surface area contributed by atoms with Crippen LogP contribution < -0.4 is 4.90 Å². The molecule has 1 aliphatic carbocycles. The van der Waals surface area contributed by atoms with Gasteiger partial charge in [0.25, 0.3) is 0 Å². The number of hydrogen-bond donors (Lipinski definition) is 2. The van der Waals surface area contributed by atoms with E-state index in [2.05, 4.69) is 34.1 Å². The standard InChI is InChI=1S/C28H28N4O3/c1-18-24(25(33)27(34)35)26(31-14-12-28(10-11-28)13-15-31)32-23(29-18)17-22(30-32)21-9-5-8-20(16-21)19-6-3-2-4-7-19/h2-9,16-17,25,33H,10-15H2,1H3,(H,34,35)/t25-/m0/s1. The Kier molecular flexibility index (Phi) is 5.11. The highest BCUT2D eigenvalue weighted by Crippen LogP contribution is 2.54. The van der Waals surface area contributed by atoms with Crippen LogP contribution in [0.2, 0.25) is 0 Å². The molecule has 1 saturated carbocycles. The van der Waals surface area contributed by atoms with Crippen LogP contribution in [0.3, 0.4) is 0 Å². The Bertz CT molecular complexity index is 1420. The first-order valence-electron chi connectivity index (χ1n) is 12.2. The van der Waals surface area contributed by atoms with E-state index in [0.717, 1.165) is 48.3 Å². The van der Waals surface area contributed by atoms with Crippen LogP contribution in [0.4, 0.5) is 5.82 Å². The van der Waals surface area contributed by atoms with Gasteiger partial charge in [0.2, 0.25) is 0 Å². The molecular weight excluding hydrogens is 440 g/mol. The number of carboxylic acids is 1. The maximum absolute atomic E-state index is 11.8. The van der Waals surface area contributed by atoms with Crippen molar-refractivity contribution in [2.75, 3.05) is 18.0 Å². The minimum atomic E-state index is -1.66. The van der Waals surface area contributed by atoms with Crippen molar-refractivity contribution in [2.24, 2.45) is 5.41 Å². The summed E-state index contributed by atoms with van der Waals surface area (Å²) in [4.78, 5) is 18.6. The molecule has 2 fully saturated rings. The van der Waals surface area contributed by atoms with Crippen LogP contribution >= 0.6 is 0 Å². The first kappa shape index (κ1) is 21.8. The molecule has 2 aromatic carbocycles. The molecule has 35 heavy (non-hydrogen) atoms. The molecule has 2 aromatic heterocycles. The third kappa shape index (κ3) is 3.86. The smallest absolute Gasteiger partial charge is 0.337 e. The van der Waals surface area contributed by atoms with Crippen molar-refractivity contribution in [2.45, 2.75) is 38.7 Å². The van der Waals surface area contributed by atoms with E-state index in [9.17, 15) is 15.0 Å². The maximum Gasteiger partial charge on any atom is 0.337 e. The summed E-state index contributed by atoms with van der Waals surface area (Å²) in [5.41, 5.74) is 5.88. The number of piperidine rings is 1. The molecule has 7 nitrogen and oxygen atoms in total. The van der Waals surface area contributed by atoms with Gasteiger partial charge in [0.1, 0.15) is 5.82 Å². The quantitative estimate of drug-likeness (QED) is 0.434. The van der Waals surface area contributed by atoms with Crippen molar-refractivity contribution in [1.82, 2.24) is 14.6 Å². The van der Waals surface area contributed by atoms with Crippen LogP contribution in [-0.2, 0) is 4.79 Å². The lowest BCUT2D eigenvalue weighted by atomic mass is 9.93. The number of rotatable bonds is 5. The van der Waals surface area contributed by atoms with Crippen molar-refractivity contribution in [3.8, 4) is 22.4 Å². The zero-order valence-electron chi connectivity index (χ0n) is 19.7. The second-order valence-corrected chi connectivity index (χ2v) is 9.91. The monoisotopic (exact) mass is 468 g/mol. The third-order valence-electron chi connectivity index (χ3n) is 7.66. The average molecular weight is 469 g/mol. The van der Waals surface area contributed by atoms with Crippen LogP contribution in [0.25, 0.3) is 28.0 Å². The topological polar surface area (TPSA) is 91.0 Å². The molecule has 1 saturated heterocycles. The number of aryl methyl sites for hydroxylation is 1. The number of benzene rings is 2. The maximum atomic E-state index is 11.8. The van der Waals surface area contributed by atoms with Gasteiger partial charge in [-0.15, -0.1) is 0 Å². The first-order valence-corrected chi connectivity index (χ1v) is 12.2. The van der Waals surface area contributed by atoms with Crippen LogP contribution in [0.15, 0.2) is 60.7 Å². The predicted octanol–water partition coefficient (Wildman–Crippen LogP) is 4.87. The molecule has 1 aliphatic heterocycles.